The molecule has 1 fully saturated rings. The second-order valence-electron chi connectivity index (χ2n) is 7.41. The molecule has 0 bridgehead atoms. The Balaban J connectivity index is 1.54. The molecule has 2 aromatic heterocycles. The first-order valence-electron chi connectivity index (χ1n) is 9.73. The van der Waals surface area contributed by atoms with Gasteiger partial charge in [-0.15, -0.1) is 0 Å². The molecule has 0 aliphatic carbocycles. The SMILES string of the molecule is COc1ccc(N2CCN(C(=O)c3snc4c(=O)n(C(C)C)c(=O)[nH]c34)CC2)cc1. The normalized spacial score (nSPS) is 14.5. The van der Waals surface area contributed by atoms with E-state index in [1.165, 1.54) is 0 Å². The van der Waals surface area contributed by atoms with Crippen LogP contribution in [0.2, 0.25) is 0 Å². The number of aromatic nitrogens is 3. The largest absolute Gasteiger partial charge is 0.497 e. The third-order valence-corrected chi connectivity index (χ3v) is 6.11. The summed E-state index contributed by atoms with van der Waals surface area (Å²) in [5.41, 5.74) is 0.442. The highest BCUT2D eigenvalue weighted by atomic mass is 32.1. The van der Waals surface area contributed by atoms with Gasteiger partial charge in [0, 0.05) is 37.9 Å². The summed E-state index contributed by atoms with van der Waals surface area (Å²) in [4.78, 5) is 44.9. The number of nitrogens with one attached hydrogen (secondary N) is 1. The fraction of sp³-hybridized carbons (Fsp3) is 0.400. The van der Waals surface area contributed by atoms with Gasteiger partial charge in [0.2, 0.25) is 0 Å². The minimum atomic E-state index is -0.527. The molecule has 3 aromatic rings. The zero-order valence-electron chi connectivity index (χ0n) is 17.0. The number of anilines is 1. The van der Waals surface area contributed by atoms with Gasteiger partial charge in [-0.2, -0.15) is 4.37 Å². The van der Waals surface area contributed by atoms with Crippen LogP contribution >= 0.6 is 11.5 Å². The van der Waals surface area contributed by atoms with Crippen molar-refractivity contribution in [2.45, 2.75) is 19.9 Å². The molecule has 30 heavy (non-hydrogen) atoms. The van der Waals surface area contributed by atoms with Gasteiger partial charge in [0.05, 0.1) is 12.6 Å². The summed E-state index contributed by atoms with van der Waals surface area (Å²) >= 11 is 0.957. The van der Waals surface area contributed by atoms with Crippen LogP contribution in [-0.4, -0.2) is 58.0 Å². The summed E-state index contributed by atoms with van der Waals surface area (Å²) < 4.78 is 10.5. The van der Waals surface area contributed by atoms with Gasteiger partial charge in [-0.05, 0) is 49.6 Å². The molecule has 4 rings (SSSR count). The Bertz CT molecular complexity index is 1190. The van der Waals surface area contributed by atoms with Crippen molar-refractivity contribution >= 4 is 34.2 Å². The topological polar surface area (TPSA) is 101 Å². The molecule has 1 aliphatic heterocycles. The monoisotopic (exact) mass is 429 g/mol. The molecule has 1 saturated heterocycles. The van der Waals surface area contributed by atoms with Crippen LogP contribution in [0.4, 0.5) is 5.69 Å². The maximum Gasteiger partial charge on any atom is 0.329 e. The van der Waals surface area contributed by atoms with Crippen molar-refractivity contribution in [1.29, 1.82) is 0 Å². The first kappa shape index (κ1) is 20.1. The Morgan fingerprint density at radius 3 is 2.40 bits per heavy atom. The number of piperazine rings is 1. The Morgan fingerprint density at radius 1 is 1.13 bits per heavy atom. The van der Waals surface area contributed by atoms with Crippen LogP contribution in [-0.2, 0) is 0 Å². The van der Waals surface area contributed by atoms with Crippen LogP contribution < -0.4 is 20.9 Å². The highest BCUT2D eigenvalue weighted by molar-refractivity contribution is 7.09. The van der Waals surface area contributed by atoms with E-state index in [-0.39, 0.29) is 23.0 Å². The van der Waals surface area contributed by atoms with Crippen molar-refractivity contribution in [3.8, 4) is 5.75 Å². The van der Waals surface area contributed by atoms with Gasteiger partial charge in [0.25, 0.3) is 11.5 Å². The zero-order chi connectivity index (χ0) is 21.4. The van der Waals surface area contributed by atoms with Gasteiger partial charge in [0.1, 0.15) is 10.6 Å². The Labute approximate surface area is 176 Å². The van der Waals surface area contributed by atoms with Crippen molar-refractivity contribution in [2.75, 3.05) is 38.2 Å². The lowest BCUT2D eigenvalue weighted by atomic mass is 10.2. The van der Waals surface area contributed by atoms with E-state index in [9.17, 15) is 14.4 Å². The van der Waals surface area contributed by atoms with Crippen molar-refractivity contribution in [3.63, 3.8) is 0 Å². The van der Waals surface area contributed by atoms with E-state index >= 15 is 0 Å². The van der Waals surface area contributed by atoms with E-state index in [1.807, 2.05) is 24.3 Å². The number of H-pyrrole nitrogens is 1. The second-order valence-corrected chi connectivity index (χ2v) is 8.19. The van der Waals surface area contributed by atoms with Gasteiger partial charge in [-0.3, -0.25) is 14.2 Å². The smallest absolute Gasteiger partial charge is 0.329 e. The fourth-order valence-corrected chi connectivity index (χ4v) is 4.44. The number of nitrogens with zero attached hydrogens (tertiary/aromatic N) is 4. The number of methoxy groups -OCH3 is 1. The average Bonchev–Trinajstić information content (AvgIpc) is 3.17. The number of carbonyl (C=O) groups is 1. The third-order valence-electron chi connectivity index (χ3n) is 5.28. The molecule has 0 atom stereocenters. The molecular weight excluding hydrogens is 406 g/mol. The summed E-state index contributed by atoms with van der Waals surface area (Å²) in [6.07, 6.45) is 0. The number of rotatable bonds is 4. The predicted octanol–water partition coefficient (Wildman–Crippen LogP) is 1.70. The maximum absolute atomic E-state index is 13.1. The molecule has 0 spiro atoms. The minimum absolute atomic E-state index is 0.133. The molecule has 1 N–H and O–H groups in total. The Morgan fingerprint density at radius 2 is 1.80 bits per heavy atom. The van der Waals surface area contributed by atoms with E-state index in [0.717, 1.165) is 27.5 Å². The number of amides is 1. The molecule has 0 radical (unpaired) electrons. The average molecular weight is 430 g/mol. The molecule has 1 amide bonds. The van der Waals surface area contributed by atoms with Crippen LogP contribution in [0.1, 0.15) is 29.6 Å². The van der Waals surface area contributed by atoms with Gasteiger partial charge in [-0.25, -0.2) is 4.79 Å². The second kappa shape index (κ2) is 7.94. The molecule has 3 heterocycles. The van der Waals surface area contributed by atoms with Crippen LogP contribution in [0, 0.1) is 0 Å². The van der Waals surface area contributed by atoms with Crippen LogP contribution in [0.3, 0.4) is 0 Å². The van der Waals surface area contributed by atoms with Gasteiger partial charge in [0.15, 0.2) is 5.52 Å². The first-order chi connectivity index (χ1) is 14.4. The van der Waals surface area contributed by atoms with E-state index in [4.69, 9.17) is 4.74 Å². The molecule has 0 saturated carbocycles. The van der Waals surface area contributed by atoms with Crippen LogP contribution in [0.25, 0.3) is 11.0 Å². The molecule has 9 nitrogen and oxygen atoms in total. The Kier molecular flexibility index (Phi) is 5.33. The molecule has 1 aliphatic rings. The number of hydrogen-bond donors (Lipinski definition) is 1. The van der Waals surface area contributed by atoms with Crippen LogP contribution in [0.5, 0.6) is 5.75 Å². The summed E-state index contributed by atoms with van der Waals surface area (Å²) in [6.45, 7) is 5.96. The summed E-state index contributed by atoms with van der Waals surface area (Å²) in [5, 5.41) is 0. The molecule has 158 valence electrons. The molecular formula is C20H23N5O4S. The summed E-state index contributed by atoms with van der Waals surface area (Å²) in [5.74, 6) is 0.587. The molecule has 1 aromatic carbocycles. The lowest BCUT2D eigenvalue weighted by Gasteiger charge is -2.36. The van der Waals surface area contributed by atoms with E-state index < -0.39 is 11.2 Å². The van der Waals surface area contributed by atoms with Crippen molar-refractivity contribution < 1.29 is 9.53 Å². The lowest BCUT2D eigenvalue weighted by molar-refractivity contribution is 0.0753. The maximum atomic E-state index is 13.1. The van der Waals surface area contributed by atoms with E-state index in [0.29, 0.717) is 31.1 Å². The standard InChI is InChI=1S/C20H23N5O4S/c1-12(2)25-18(26)16-15(21-20(25)28)17(30-22-16)19(27)24-10-8-23(9-11-24)13-4-6-14(29-3)7-5-13/h4-7,12H,8-11H2,1-3H3,(H,21,28). The Hall–Kier alpha value is -3.14. The van der Waals surface area contributed by atoms with Crippen molar-refractivity contribution in [3.05, 3.63) is 50.0 Å². The minimum Gasteiger partial charge on any atom is -0.497 e. The number of fused-ring (bicyclic) bond motifs is 1. The van der Waals surface area contributed by atoms with Gasteiger partial charge >= 0.3 is 5.69 Å². The number of ether oxygens (including phenoxy) is 1. The molecule has 0 unspecified atom stereocenters. The predicted molar refractivity (Wildman–Crippen MR) is 116 cm³/mol. The lowest BCUT2D eigenvalue weighted by Crippen LogP contribution is -2.48. The molecule has 10 heteroatoms. The zero-order valence-corrected chi connectivity index (χ0v) is 17.9. The fourth-order valence-electron chi connectivity index (χ4n) is 3.64. The number of carbonyl (C=O) groups excluding carboxylic acids is 1. The quantitative estimate of drug-likeness (QED) is 0.678. The number of hydrogen-bond acceptors (Lipinski definition) is 7. The summed E-state index contributed by atoms with van der Waals surface area (Å²) in [6, 6.07) is 7.53. The van der Waals surface area contributed by atoms with E-state index in [2.05, 4.69) is 14.3 Å². The van der Waals surface area contributed by atoms with E-state index in [1.54, 1.807) is 25.9 Å². The van der Waals surface area contributed by atoms with Crippen molar-refractivity contribution in [2.24, 2.45) is 0 Å². The van der Waals surface area contributed by atoms with Gasteiger partial charge in [-0.1, -0.05) is 0 Å². The van der Waals surface area contributed by atoms with Crippen molar-refractivity contribution in [1.82, 2.24) is 18.8 Å². The number of aromatic amines is 1. The first-order valence-corrected chi connectivity index (χ1v) is 10.5. The highest BCUT2D eigenvalue weighted by Crippen LogP contribution is 2.23. The number of benzene rings is 1. The van der Waals surface area contributed by atoms with Crippen LogP contribution in [0.15, 0.2) is 33.9 Å². The highest BCUT2D eigenvalue weighted by Gasteiger charge is 2.27. The third kappa shape index (κ3) is 3.47. The summed E-state index contributed by atoms with van der Waals surface area (Å²) in [7, 11) is 1.63. The van der Waals surface area contributed by atoms with Gasteiger partial charge < -0.3 is 19.5 Å².